The van der Waals surface area contributed by atoms with Crippen molar-refractivity contribution in [3.05, 3.63) is 66.0 Å². The Morgan fingerprint density at radius 3 is 2.27 bits per heavy atom. The van der Waals surface area contributed by atoms with Gasteiger partial charge in [-0.15, -0.1) is 0 Å². The Balaban J connectivity index is 0.00000684. The second-order valence-corrected chi connectivity index (χ2v) is 8.37. The summed E-state index contributed by atoms with van der Waals surface area (Å²) in [6.45, 7) is 3.05. The van der Waals surface area contributed by atoms with Crippen LogP contribution in [0, 0.1) is 11.7 Å². The molecule has 10 nitrogen and oxygen atoms in total. The van der Waals surface area contributed by atoms with Crippen LogP contribution < -0.4 is 21.2 Å². The van der Waals surface area contributed by atoms with Crippen LogP contribution in [0.3, 0.4) is 0 Å². The van der Waals surface area contributed by atoms with Crippen molar-refractivity contribution >= 4 is 37.3 Å². The summed E-state index contributed by atoms with van der Waals surface area (Å²) in [7, 11) is 0. The quantitative estimate of drug-likeness (QED) is 0.356. The molecule has 4 amide bonds. The molecule has 0 bridgehead atoms. The predicted octanol–water partition coefficient (Wildman–Crippen LogP) is 2.39. The van der Waals surface area contributed by atoms with Gasteiger partial charge in [-0.25, -0.2) is 9.18 Å². The van der Waals surface area contributed by atoms with Crippen LogP contribution in [0.5, 0.6) is 5.75 Å². The third kappa shape index (κ3) is 12.1. The highest BCUT2D eigenvalue weighted by molar-refractivity contribution is 7.59. The highest BCUT2D eigenvalue weighted by atomic mass is 32.1. The lowest BCUT2D eigenvalue weighted by Crippen LogP contribution is -2.56. The molecule has 0 spiro atoms. The van der Waals surface area contributed by atoms with E-state index in [4.69, 9.17) is 15.2 Å². The van der Waals surface area contributed by atoms with Gasteiger partial charge in [0.25, 0.3) is 11.8 Å². The highest BCUT2D eigenvalue weighted by Gasteiger charge is 2.26. The molecule has 4 N–H and O–H groups in total. The first-order valence-corrected chi connectivity index (χ1v) is 11.4. The highest BCUT2D eigenvalue weighted by Crippen LogP contribution is 2.11. The van der Waals surface area contributed by atoms with Gasteiger partial charge >= 0.3 is 6.09 Å². The fraction of sp³-hybridized carbons (Fsp3) is 0.360. The number of halogens is 1. The number of amides is 4. The van der Waals surface area contributed by atoms with Gasteiger partial charge in [-0.05, 0) is 42.2 Å². The van der Waals surface area contributed by atoms with Gasteiger partial charge < -0.3 is 20.5 Å². The second kappa shape index (κ2) is 16.0. The number of nitrogens with one attached hydrogen (secondary N) is 2. The summed E-state index contributed by atoms with van der Waals surface area (Å²) < 4.78 is 23.6. The number of benzene rings is 2. The molecule has 0 heterocycles. The van der Waals surface area contributed by atoms with Crippen molar-refractivity contribution in [2.24, 2.45) is 11.7 Å². The van der Waals surface area contributed by atoms with E-state index in [1.807, 2.05) is 32.0 Å². The van der Waals surface area contributed by atoms with E-state index in [-0.39, 0.29) is 51.2 Å². The fourth-order valence-electron chi connectivity index (χ4n) is 3.04. The standard InChI is InChI=1S/C25H31FN4O6.H2S/c1-17(2)14-21(28-25(34)36-15-18-6-4-3-5-7-18)24(33)29-30(13-12-22(27)31)23(32)16-35-20-10-8-19(26)9-11-20;/h3-11,17,21H,12-16H2,1-2H3,(H2,27,31)(H,28,34)(H,29,33);1H2/t21-;/m0./s1. The van der Waals surface area contributed by atoms with Crippen LogP contribution in [0.1, 0.15) is 32.3 Å². The topological polar surface area (TPSA) is 140 Å². The molecule has 2 aromatic carbocycles. The van der Waals surface area contributed by atoms with Gasteiger partial charge in [0.05, 0.1) is 6.54 Å². The number of ether oxygens (including phenoxy) is 2. The van der Waals surface area contributed by atoms with Crippen LogP contribution in [0.2, 0.25) is 0 Å². The van der Waals surface area contributed by atoms with E-state index in [2.05, 4.69) is 10.7 Å². The number of carbonyl (C=O) groups is 4. The molecule has 0 aliphatic heterocycles. The van der Waals surface area contributed by atoms with Gasteiger partial charge in [-0.3, -0.25) is 24.8 Å². The zero-order valence-electron chi connectivity index (χ0n) is 20.7. The molecule has 0 aliphatic rings. The van der Waals surface area contributed by atoms with E-state index in [0.29, 0.717) is 0 Å². The summed E-state index contributed by atoms with van der Waals surface area (Å²) in [6.07, 6.45) is -0.755. The van der Waals surface area contributed by atoms with Gasteiger partial charge in [0, 0.05) is 6.42 Å². The first-order valence-electron chi connectivity index (χ1n) is 11.4. The molecule has 0 unspecified atom stereocenters. The summed E-state index contributed by atoms with van der Waals surface area (Å²) in [5.41, 5.74) is 8.40. The number of hydrogen-bond donors (Lipinski definition) is 3. The molecule has 1 atom stereocenters. The van der Waals surface area contributed by atoms with Gasteiger partial charge in [-0.1, -0.05) is 44.2 Å². The normalized spacial score (nSPS) is 11.0. The largest absolute Gasteiger partial charge is 0.484 e. The van der Waals surface area contributed by atoms with Crippen LogP contribution in [0.4, 0.5) is 9.18 Å². The average molecular weight is 537 g/mol. The summed E-state index contributed by atoms with van der Waals surface area (Å²) >= 11 is 0. The third-order valence-corrected chi connectivity index (χ3v) is 4.83. The summed E-state index contributed by atoms with van der Waals surface area (Å²) in [5, 5.41) is 3.42. The van der Waals surface area contributed by atoms with Crippen LogP contribution in [-0.4, -0.2) is 48.0 Å². The summed E-state index contributed by atoms with van der Waals surface area (Å²) in [4.78, 5) is 49.3. The first-order chi connectivity index (χ1) is 17.1. The minimum absolute atomic E-state index is 0. The lowest BCUT2D eigenvalue weighted by molar-refractivity contribution is -0.144. The Kier molecular flexibility index (Phi) is 13.5. The number of hydrogen-bond acceptors (Lipinski definition) is 6. The van der Waals surface area contributed by atoms with Crippen molar-refractivity contribution in [1.82, 2.24) is 15.8 Å². The Morgan fingerprint density at radius 1 is 1.03 bits per heavy atom. The van der Waals surface area contributed by atoms with Crippen LogP contribution in [0.15, 0.2) is 54.6 Å². The van der Waals surface area contributed by atoms with E-state index < -0.39 is 42.3 Å². The average Bonchev–Trinajstić information content (AvgIpc) is 2.84. The lowest BCUT2D eigenvalue weighted by Gasteiger charge is -2.26. The Bertz CT molecular complexity index is 1020. The van der Waals surface area contributed by atoms with E-state index >= 15 is 0 Å². The number of hydrazine groups is 1. The van der Waals surface area contributed by atoms with Crippen LogP contribution >= 0.6 is 13.5 Å². The number of nitrogens with two attached hydrogens (primary N) is 1. The summed E-state index contributed by atoms with van der Waals surface area (Å²) in [5.74, 6) is -2.24. The van der Waals surface area contributed by atoms with Gasteiger partial charge in [0.15, 0.2) is 6.61 Å². The molecule has 2 rings (SSSR count). The van der Waals surface area contributed by atoms with Crippen molar-refractivity contribution in [3.8, 4) is 5.75 Å². The Morgan fingerprint density at radius 2 is 1.68 bits per heavy atom. The molecule has 2 aromatic rings. The monoisotopic (exact) mass is 536 g/mol. The first kappa shape index (κ1) is 31.2. The minimum Gasteiger partial charge on any atom is -0.484 e. The maximum atomic E-state index is 13.1. The third-order valence-electron chi connectivity index (χ3n) is 4.83. The molecule has 0 aliphatic carbocycles. The Hall–Kier alpha value is -3.80. The van der Waals surface area contributed by atoms with Crippen LogP contribution in [-0.2, 0) is 25.7 Å². The Labute approximate surface area is 222 Å². The SMILES string of the molecule is CC(C)C[C@H](NC(=O)OCc1ccccc1)C(=O)NN(CCC(N)=O)C(=O)COc1ccc(F)cc1.S. The maximum absolute atomic E-state index is 13.1. The number of primary amides is 1. The number of alkyl carbamates (subject to hydrolysis) is 1. The number of nitrogens with zero attached hydrogens (tertiary/aromatic N) is 1. The summed E-state index contributed by atoms with van der Waals surface area (Å²) in [6, 6.07) is 13.1. The fourth-order valence-corrected chi connectivity index (χ4v) is 3.04. The predicted molar refractivity (Wildman–Crippen MR) is 139 cm³/mol. The van der Waals surface area contributed by atoms with Crippen molar-refractivity contribution in [2.75, 3.05) is 13.2 Å². The molecule has 0 radical (unpaired) electrons. The van der Waals surface area contributed by atoms with E-state index in [1.165, 1.54) is 24.3 Å². The molecule has 37 heavy (non-hydrogen) atoms. The van der Waals surface area contributed by atoms with Gasteiger partial charge in [0.1, 0.15) is 24.2 Å². The zero-order chi connectivity index (χ0) is 26.5. The van der Waals surface area contributed by atoms with E-state index in [9.17, 15) is 23.6 Å². The van der Waals surface area contributed by atoms with Crippen molar-refractivity contribution in [3.63, 3.8) is 0 Å². The smallest absolute Gasteiger partial charge is 0.408 e. The molecule has 0 aromatic heterocycles. The van der Waals surface area contributed by atoms with Crippen molar-refractivity contribution in [2.45, 2.75) is 39.3 Å². The zero-order valence-corrected chi connectivity index (χ0v) is 21.7. The molecule has 12 heteroatoms. The molecule has 0 saturated carbocycles. The molecule has 0 fully saturated rings. The van der Waals surface area contributed by atoms with Gasteiger partial charge in [-0.2, -0.15) is 13.5 Å². The minimum atomic E-state index is -1.02. The van der Waals surface area contributed by atoms with E-state index in [0.717, 1.165) is 10.6 Å². The number of rotatable bonds is 12. The van der Waals surface area contributed by atoms with Gasteiger partial charge in [0.2, 0.25) is 5.91 Å². The molecular formula is C25H33FN4O6S. The van der Waals surface area contributed by atoms with E-state index in [1.54, 1.807) is 12.1 Å². The second-order valence-electron chi connectivity index (χ2n) is 8.37. The number of carbonyl (C=O) groups excluding carboxylic acids is 4. The van der Waals surface area contributed by atoms with Crippen molar-refractivity contribution < 1.29 is 33.0 Å². The molecule has 0 saturated heterocycles. The van der Waals surface area contributed by atoms with Crippen molar-refractivity contribution in [1.29, 1.82) is 0 Å². The molecular weight excluding hydrogens is 503 g/mol. The maximum Gasteiger partial charge on any atom is 0.408 e. The lowest BCUT2D eigenvalue weighted by atomic mass is 10.0. The van der Waals surface area contributed by atoms with Crippen LogP contribution in [0.25, 0.3) is 0 Å². The molecule has 202 valence electrons.